The van der Waals surface area contributed by atoms with Crippen molar-refractivity contribution in [2.45, 2.75) is 12.0 Å². The van der Waals surface area contributed by atoms with E-state index in [1.165, 1.54) is 0 Å². The Hall–Kier alpha value is -3.36. The fraction of sp³-hybridized carbons (Fsp3) is 0.0741. The summed E-state index contributed by atoms with van der Waals surface area (Å²) in [6.45, 7) is 0. The van der Waals surface area contributed by atoms with Gasteiger partial charge < -0.3 is 0 Å². The maximum atomic E-state index is 14.1. The molecular weight excluding hydrogens is 390 g/mol. The minimum atomic E-state index is -0.449. The van der Waals surface area contributed by atoms with Crippen LogP contribution in [0.2, 0.25) is 5.02 Å². The zero-order valence-corrected chi connectivity index (χ0v) is 17.0. The predicted octanol–water partition coefficient (Wildman–Crippen LogP) is 6.61. The third-order valence-corrected chi connectivity index (χ3v) is 6.02. The van der Waals surface area contributed by atoms with Gasteiger partial charge in [0.05, 0.1) is 12.0 Å². The standard InChI is InChI=1S/C27H20ClNO/c28-23-18-10-17-22-25(23)24(19-11-4-1-5-12-19)27(30)29(21-15-8-3-9-16-21)26(22)20-13-6-2-7-14-20/h1-18,24,26H/t24-,26-/m0/s1. The van der Waals surface area contributed by atoms with E-state index in [1.807, 2.05) is 95.9 Å². The maximum absolute atomic E-state index is 14.1. The van der Waals surface area contributed by atoms with Crippen molar-refractivity contribution in [1.82, 2.24) is 0 Å². The number of halogens is 1. The van der Waals surface area contributed by atoms with E-state index >= 15 is 0 Å². The molecule has 3 heteroatoms. The summed E-state index contributed by atoms with van der Waals surface area (Å²) < 4.78 is 0. The lowest BCUT2D eigenvalue weighted by Gasteiger charge is -2.41. The number of amides is 1. The van der Waals surface area contributed by atoms with E-state index in [1.54, 1.807) is 0 Å². The molecule has 0 fully saturated rings. The normalized spacial score (nSPS) is 18.2. The molecule has 5 rings (SSSR count). The molecule has 0 bridgehead atoms. The quantitative estimate of drug-likeness (QED) is 0.373. The number of hydrogen-bond donors (Lipinski definition) is 0. The van der Waals surface area contributed by atoms with Crippen LogP contribution in [0, 0.1) is 0 Å². The van der Waals surface area contributed by atoms with Crippen molar-refractivity contribution in [2.75, 3.05) is 4.90 Å². The number of carbonyl (C=O) groups is 1. The van der Waals surface area contributed by atoms with Crippen LogP contribution in [0.25, 0.3) is 0 Å². The lowest BCUT2D eigenvalue weighted by Crippen LogP contribution is -2.44. The van der Waals surface area contributed by atoms with Crippen molar-refractivity contribution in [3.05, 3.63) is 136 Å². The first-order valence-corrected chi connectivity index (χ1v) is 10.4. The van der Waals surface area contributed by atoms with Crippen molar-refractivity contribution in [2.24, 2.45) is 0 Å². The summed E-state index contributed by atoms with van der Waals surface area (Å²) >= 11 is 6.73. The second-order valence-electron chi connectivity index (χ2n) is 7.44. The first kappa shape index (κ1) is 18.7. The van der Waals surface area contributed by atoms with E-state index in [0.717, 1.165) is 27.9 Å². The number of hydrogen-bond acceptors (Lipinski definition) is 1. The Morgan fingerprint density at radius 2 is 1.20 bits per heavy atom. The zero-order chi connectivity index (χ0) is 20.5. The van der Waals surface area contributed by atoms with E-state index < -0.39 is 5.92 Å². The van der Waals surface area contributed by atoms with Gasteiger partial charge >= 0.3 is 0 Å². The summed E-state index contributed by atoms with van der Waals surface area (Å²) in [5.74, 6) is -0.420. The highest BCUT2D eigenvalue weighted by atomic mass is 35.5. The number of fused-ring (bicyclic) bond motifs is 1. The van der Waals surface area contributed by atoms with Crippen LogP contribution in [-0.2, 0) is 4.79 Å². The Morgan fingerprint density at radius 3 is 1.83 bits per heavy atom. The summed E-state index contributed by atoms with van der Waals surface area (Å²) in [5.41, 5.74) is 4.85. The molecule has 0 aromatic heterocycles. The summed E-state index contributed by atoms with van der Waals surface area (Å²) in [4.78, 5) is 16.0. The first-order chi connectivity index (χ1) is 14.8. The van der Waals surface area contributed by atoms with Crippen molar-refractivity contribution in [3.8, 4) is 0 Å². The van der Waals surface area contributed by atoms with Crippen molar-refractivity contribution in [1.29, 1.82) is 0 Å². The van der Waals surface area contributed by atoms with Crippen LogP contribution in [-0.4, -0.2) is 5.91 Å². The topological polar surface area (TPSA) is 20.3 Å². The highest BCUT2D eigenvalue weighted by Gasteiger charge is 2.42. The van der Waals surface area contributed by atoms with Gasteiger partial charge in [-0.25, -0.2) is 0 Å². The van der Waals surface area contributed by atoms with E-state index in [2.05, 4.69) is 18.2 Å². The lowest BCUT2D eigenvalue weighted by atomic mass is 9.78. The van der Waals surface area contributed by atoms with Crippen molar-refractivity contribution < 1.29 is 4.79 Å². The molecule has 0 spiro atoms. The minimum absolute atomic E-state index is 0.0295. The molecule has 4 aromatic rings. The molecule has 0 radical (unpaired) electrons. The van der Waals surface area contributed by atoms with Crippen LogP contribution < -0.4 is 4.90 Å². The number of carbonyl (C=O) groups excluding carboxylic acids is 1. The molecule has 0 N–H and O–H groups in total. The number of rotatable bonds is 3. The smallest absolute Gasteiger partial charge is 0.239 e. The number of anilines is 1. The van der Waals surface area contributed by atoms with Crippen LogP contribution >= 0.6 is 11.6 Å². The summed E-state index contributed by atoms with van der Waals surface area (Å²) in [6, 6.07) is 35.6. The van der Waals surface area contributed by atoms with Gasteiger partial charge in [-0.15, -0.1) is 0 Å². The van der Waals surface area contributed by atoms with Gasteiger partial charge in [0.1, 0.15) is 0 Å². The van der Waals surface area contributed by atoms with Crippen LogP contribution in [0.4, 0.5) is 5.69 Å². The highest BCUT2D eigenvalue weighted by molar-refractivity contribution is 6.32. The molecule has 2 nitrogen and oxygen atoms in total. The van der Waals surface area contributed by atoms with Gasteiger partial charge in [0, 0.05) is 10.7 Å². The van der Waals surface area contributed by atoms with Crippen LogP contribution in [0.3, 0.4) is 0 Å². The molecule has 1 heterocycles. The van der Waals surface area contributed by atoms with Gasteiger partial charge in [-0.1, -0.05) is 103 Å². The van der Waals surface area contributed by atoms with Crippen LogP contribution in [0.15, 0.2) is 109 Å². The summed E-state index contributed by atoms with van der Waals surface area (Å²) in [5, 5.41) is 0.628. The Kier molecular flexibility index (Phi) is 4.86. The molecule has 0 saturated heterocycles. The maximum Gasteiger partial charge on any atom is 0.239 e. The SMILES string of the molecule is O=C1[C@@H](c2ccccc2)c2c(Cl)cccc2[C@H](c2ccccc2)N1c1ccccc1. The molecule has 2 atom stereocenters. The van der Waals surface area contributed by atoms with Gasteiger partial charge in [0.25, 0.3) is 0 Å². The predicted molar refractivity (Wildman–Crippen MR) is 122 cm³/mol. The molecular formula is C27H20ClNO. The van der Waals surface area contributed by atoms with Crippen LogP contribution in [0.1, 0.15) is 34.2 Å². The zero-order valence-electron chi connectivity index (χ0n) is 16.3. The summed E-state index contributed by atoms with van der Waals surface area (Å²) in [6.07, 6.45) is 0. The third kappa shape index (κ3) is 3.10. The van der Waals surface area contributed by atoms with Gasteiger partial charge in [0.15, 0.2) is 0 Å². The van der Waals surface area contributed by atoms with E-state index in [9.17, 15) is 4.79 Å². The lowest BCUT2D eigenvalue weighted by molar-refractivity contribution is -0.120. The Bertz CT molecular complexity index is 1180. The Labute approximate surface area is 181 Å². The molecule has 1 aliphatic rings. The molecule has 30 heavy (non-hydrogen) atoms. The monoisotopic (exact) mass is 409 g/mol. The molecule has 0 aliphatic carbocycles. The average Bonchev–Trinajstić information content (AvgIpc) is 2.80. The third-order valence-electron chi connectivity index (χ3n) is 5.70. The molecule has 0 saturated carbocycles. The summed E-state index contributed by atoms with van der Waals surface area (Å²) in [7, 11) is 0. The Balaban J connectivity index is 1.81. The molecule has 0 unspecified atom stereocenters. The van der Waals surface area contributed by atoms with Crippen molar-refractivity contribution >= 4 is 23.2 Å². The fourth-order valence-corrected chi connectivity index (χ4v) is 4.70. The fourth-order valence-electron chi connectivity index (χ4n) is 4.41. The number of benzene rings is 4. The van der Waals surface area contributed by atoms with Gasteiger partial charge in [-0.2, -0.15) is 0 Å². The van der Waals surface area contributed by atoms with E-state index in [-0.39, 0.29) is 11.9 Å². The minimum Gasteiger partial charge on any atom is -0.300 e. The highest BCUT2D eigenvalue weighted by Crippen LogP contribution is 2.47. The second kappa shape index (κ2) is 7.81. The first-order valence-electron chi connectivity index (χ1n) is 10.0. The van der Waals surface area contributed by atoms with E-state index in [4.69, 9.17) is 11.6 Å². The largest absolute Gasteiger partial charge is 0.300 e. The van der Waals surface area contributed by atoms with Crippen molar-refractivity contribution in [3.63, 3.8) is 0 Å². The Morgan fingerprint density at radius 1 is 0.633 bits per heavy atom. The molecule has 146 valence electrons. The van der Waals surface area contributed by atoms with Gasteiger partial charge in [-0.05, 0) is 40.5 Å². The average molecular weight is 410 g/mol. The second-order valence-corrected chi connectivity index (χ2v) is 7.85. The number of para-hydroxylation sites is 1. The van der Waals surface area contributed by atoms with Gasteiger partial charge in [0.2, 0.25) is 5.91 Å². The van der Waals surface area contributed by atoms with E-state index in [0.29, 0.717) is 5.02 Å². The molecule has 1 aliphatic heterocycles. The van der Waals surface area contributed by atoms with Gasteiger partial charge in [-0.3, -0.25) is 9.69 Å². The van der Waals surface area contributed by atoms with Crippen LogP contribution in [0.5, 0.6) is 0 Å². The number of nitrogens with zero attached hydrogens (tertiary/aromatic N) is 1. The molecule has 1 amide bonds. The molecule has 4 aromatic carbocycles.